The number of carboxylic acid groups (broad SMARTS) is 1. The molecule has 1 N–H and O–H groups in total. The van der Waals surface area contributed by atoms with Crippen LogP contribution in [-0.2, 0) is 20.9 Å². The number of benzene rings is 1. The van der Waals surface area contributed by atoms with Crippen LogP contribution in [0.5, 0.6) is 0 Å². The fourth-order valence-corrected chi connectivity index (χ4v) is 4.19. The number of nitrogens with zero attached hydrogens (tertiary/aromatic N) is 2. The first-order chi connectivity index (χ1) is 12.5. The number of amides is 1. The van der Waals surface area contributed by atoms with Gasteiger partial charge in [-0.1, -0.05) is 42.0 Å². The van der Waals surface area contributed by atoms with Gasteiger partial charge in [0.1, 0.15) is 5.92 Å². The zero-order valence-electron chi connectivity index (χ0n) is 14.9. The number of aryl methyl sites for hydroxylation is 1. The van der Waals surface area contributed by atoms with Gasteiger partial charge in [-0.3, -0.25) is 14.5 Å². The lowest BCUT2D eigenvalue weighted by Gasteiger charge is -2.37. The van der Waals surface area contributed by atoms with Crippen molar-refractivity contribution in [2.24, 2.45) is 11.8 Å². The molecule has 2 bridgehead atoms. The van der Waals surface area contributed by atoms with Gasteiger partial charge in [0.05, 0.1) is 18.1 Å². The van der Waals surface area contributed by atoms with E-state index in [-0.39, 0.29) is 12.0 Å². The van der Waals surface area contributed by atoms with Gasteiger partial charge in [0.25, 0.3) is 0 Å². The first-order valence-corrected chi connectivity index (χ1v) is 9.16. The summed E-state index contributed by atoms with van der Waals surface area (Å²) in [4.78, 5) is 28.7. The van der Waals surface area contributed by atoms with E-state index in [0.717, 1.165) is 19.6 Å². The highest BCUT2D eigenvalue weighted by atomic mass is 16.5. The van der Waals surface area contributed by atoms with Crippen molar-refractivity contribution in [2.45, 2.75) is 25.7 Å². The molecule has 26 heavy (non-hydrogen) atoms. The molecule has 4 atom stereocenters. The number of hydrogen-bond donors (Lipinski definition) is 1. The quantitative estimate of drug-likeness (QED) is 0.824. The summed E-state index contributed by atoms with van der Waals surface area (Å²) in [7, 11) is 0. The third kappa shape index (κ3) is 3.15. The highest BCUT2D eigenvalue weighted by molar-refractivity contribution is 5.87. The average Bonchev–Trinajstić information content (AvgIpc) is 3.25. The van der Waals surface area contributed by atoms with Crippen LogP contribution in [0.1, 0.15) is 11.1 Å². The molecule has 0 radical (unpaired) electrons. The second kappa shape index (κ2) is 6.85. The van der Waals surface area contributed by atoms with Crippen molar-refractivity contribution >= 4 is 11.9 Å². The van der Waals surface area contributed by atoms with Gasteiger partial charge in [0.15, 0.2) is 0 Å². The number of carbonyl (C=O) groups excluding carboxylic acids is 1. The maximum absolute atomic E-state index is 12.9. The molecule has 0 aromatic heterocycles. The Morgan fingerprint density at radius 3 is 2.27 bits per heavy atom. The average molecular weight is 356 g/mol. The van der Waals surface area contributed by atoms with Crippen LogP contribution < -0.4 is 0 Å². The van der Waals surface area contributed by atoms with Crippen LogP contribution in [0.15, 0.2) is 36.4 Å². The Balaban J connectivity index is 1.36. The first-order valence-electron chi connectivity index (χ1n) is 9.16. The maximum atomic E-state index is 12.9. The molecule has 1 aromatic rings. The van der Waals surface area contributed by atoms with Crippen LogP contribution >= 0.6 is 0 Å². The highest BCUT2D eigenvalue weighted by Crippen LogP contribution is 2.40. The molecule has 3 heterocycles. The standard InChI is InChI=1S/C20H24N2O4/c1-13-2-4-14(5-3-13)12-21-8-10-22(11-9-21)19(23)17-15-6-7-16(26-15)18(17)20(24)25/h2-7,15-18H,8-12H2,1H3,(H,24,25)/t15-,16+,17-,18+/m1/s1. The minimum atomic E-state index is -0.946. The van der Waals surface area contributed by atoms with E-state index in [1.165, 1.54) is 11.1 Å². The number of carbonyl (C=O) groups is 2. The number of fused-ring (bicyclic) bond motifs is 2. The van der Waals surface area contributed by atoms with Gasteiger partial charge in [0.2, 0.25) is 5.91 Å². The van der Waals surface area contributed by atoms with Crippen LogP contribution in [0.25, 0.3) is 0 Å². The van der Waals surface area contributed by atoms with Crippen molar-refractivity contribution in [2.75, 3.05) is 26.2 Å². The first kappa shape index (κ1) is 17.2. The molecule has 0 spiro atoms. The minimum Gasteiger partial charge on any atom is -0.481 e. The van der Waals surface area contributed by atoms with Crippen molar-refractivity contribution < 1.29 is 19.4 Å². The van der Waals surface area contributed by atoms with Gasteiger partial charge in [-0.25, -0.2) is 0 Å². The molecule has 138 valence electrons. The van der Waals surface area contributed by atoms with Gasteiger partial charge in [0, 0.05) is 32.7 Å². The summed E-state index contributed by atoms with van der Waals surface area (Å²) in [5.41, 5.74) is 2.52. The lowest BCUT2D eigenvalue weighted by Crippen LogP contribution is -2.52. The van der Waals surface area contributed by atoms with Crippen LogP contribution in [0.2, 0.25) is 0 Å². The molecule has 0 aliphatic carbocycles. The molecule has 2 fully saturated rings. The Hall–Kier alpha value is -2.18. The smallest absolute Gasteiger partial charge is 0.310 e. The van der Waals surface area contributed by atoms with E-state index in [9.17, 15) is 14.7 Å². The number of piperazine rings is 1. The Morgan fingerprint density at radius 1 is 1.04 bits per heavy atom. The van der Waals surface area contributed by atoms with Crippen LogP contribution in [0, 0.1) is 18.8 Å². The van der Waals surface area contributed by atoms with Gasteiger partial charge >= 0.3 is 5.97 Å². The predicted octanol–water partition coefficient (Wildman–Crippen LogP) is 1.29. The van der Waals surface area contributed by atoms with E-state index in [4.69, 9.17) is 4.74 Å². The van der Waals surface area contributed by atoms with Crippen molar-refractivity contribution in [1.82, 2.24) is 9.80 Å². The zero-order valence-corrected chi connectivity index (χ0v) is 14.9. The molecule has 1 amide bonds. The van der Waals surface area contributed by atoms with Gasteiger partial charge < -0.3 is 14.7 Å². The SMILES string of the molecule is Cc1ccc(CN2CCN(C(=O)[C@H]3[C@@H](C(=O)O)[C@@H]4C=C[C@H]3O4)CC2)cc1. The Kier molecular flexibility index (Phi) is 4.54. The summed E-state index contributed by atoms with van der Waals surface area (Å²) in [5, 5.41) is 9.49. The molecule has 2 saturated heterocycles. The minimum absolute atomic E-state index is 0.0794. The van der Waals surface area contributed by atoms with Crippen LogP contribution in [0.3, 0.4) is 0 Å². The third-order valence-corrected chi connectivity index (χ3v) is 5.68. The molecule has 0 saturated carbocycles. The van der Waals surface area contributed by atoms with E-state index in [2.05, 4.69) is 36.1 Å². The number of aliphatic carboxylic acids is 1. The molecule has 0 unspecified atom stereocenters. The summed E-state index contributed by atoms with van der Waals surface area (Å²) in [6.45, 7) is 5.82. The zero-order chi connectivity index (χ0) is 18.3. The summed E-state index contributed by atoms with van der Waals surface area (Å²) >= 11 is 0. The maximum Gasteiger partial charge on any atom is 0.310 e. The largest absolute Gasteiger partial charge is 0.481 e. The van der Waals surface area contributed by atoms with Gasteiger partial charge in [-0.15, -0.1) is 0 Å². The summed E-state index contributed by atoms with van der Waals surface area (Å²) in [6.07, 6.45) is 2.75. The van der Waals surface area contributed by atoms with E-state index in [1.54, 1.807) is 6.08 Å². The molecule has 3 aliphatic rings. The predicted molar refractivity (Wildman–Crippen MR) is 95.5 cm³/mol. The van der Waals surface area contributed by atoms with E-state index in [0.29, 0.717) is 13.1 Å². The van der Waals surface area contributed by atoms with E-state index < -0.39 is 23.9 Å². The van der Waals surface area contributed by atoms with Crippen LogP contribution in [-0.4, -0.2) is 65.2 Å². The van der Waals surface area contributed by atoms with Gasteiger partial charge in [-0.05, 0) is 12.5 Å². The monoisotopic (exact) mass is 356 g/mol. The summed E-state index contributed by atoms with van der Waals surface area (Å²) in [6, 6.07) is 8.51. The van der Waals surface area contributed by atoms with Crippen molar-refractivity contribution in [3.63, 3.8) is 0 Å². The molecule has 4 rings (SSSR count). The normalized spacial score (nSPS) is 30.7. The fraction of sp³-hybridized carbons (Fsp3) is 0.500. The van der Waals surface area contributed by atoms with E-state index >= 15 is 0 Å². The van der Waals surface area contributed by atoms with Crippen molar-refractivity contribution in [3.05, 3.63) is 47.5 Å². The molecule has 1 aromatic carbocycles. The molecular weight excluding hydrogens is 332 g/mol. The fourth-order valence-electron chi connectivity index (χ4n) is 4.19. The summed E-state index contributed by atoms with van der Waals surface area (Å²) < 4.78 is 5.63. The molecule has 6 heteroatoms. The third-order valence-electron chi connectivity index (χ3n) is 5.68. The second-order valence-electron chi connectivity index (χ2n) is 7.43. The van der Waals surface area contributed by atoms with Gasteiger partial charge in [-0.2, -0.15) is 0 Å². The number of carboxylic acids is 1. The number of rotatable bonds is 4. The molecule has 6 nitrogen and oxygen atoms in total. The topological polar surface area (TPSA) is 70.1 Å². The number of ether oxygens (including phenoxy) is 1. The lowest BCUT2D eigenvalue weighted by atomic mass is 9.82. The molecular formula is C20H24N2O4. The Bertz CT molecular complexity index is 722. The summed E-state index contributed by atoms with van der Waals surface area (Å²) in [5.74, 6) is -2.38. The van der Waals surface area contributed by atoms with Crippen molar-refractivity contribution in [3.8, 4) is 0 Å². The Labute approximate surface area is 153 Å². The molecule has 3 aliphatic heterocycles. The second-order valence-corrected chi connectivity index (χ2v) is 7.43. The highest BCUT2D eigenvalue weighted by Gasteiger charge is 2.54. The van der Waals surface area contributed by atoms with Crippen LogP contribution in [0.4, 0.5) is 0 Å². The van der Waals surface area contributed by atoms with Crippen molar-refractivity contribution in [1.29, 1.82) is 0 Å². The number of hydrogen-bond acceptors (Lipinski definition) is 4. The lowest BCUT2D eigenvalue weighted by molar-refractivity contribution is -0.150. The van der Waals surface area contributed by atoms with E-state index in [1.807, 2.05) is 11.0 Å². The Morgan fingerprint density at radius 2 is 1.65 bits per heavy atom.